The summed E-state index contributed by atoms with van der Waals surface area (Å²) in [5, 5.41) is 0. The molecular formula is C11H22N2O. The van der Waals surface area contributed by atoms with E-state index >= 15 is 0 Å². The van der Waals surface area contributed by atoms with Crippen molar-refractivity contribution >= 4 is 0 Å². The molecule has 1 saturated heterocycles. The fourth-order valence-electron chi connectivity index (χ4n) is 2.74. The van der Waals surface area contributed by atoms with E-state index in [-0.39, 0.29) is 5.54 Å². The normalized spacial score (nSPS) is 39.4. The fraction of sp³-hybridized carbons (Fsp3) is 1.00. The summed E-state index contributed by atoms with van der Waals surface area (Å²) in [6.07, 6.45) is 3.60. The van der Waals surface area contributed by atoms with E-state index in [1.807, 2.05) is 0 Å². The molecule has 1 aliphatic carbocycles. The molecule has 0 aromatic rings. The molecule has 2 aliphatic rings. The van der Waals surface area contributed by atoms with Crippen LogP contribution in [0.1, 0.15) is 26.2 Å². The Labute approximate surface area is 86.6 Å². The van der Waals surface area contributed by atoms with Gasteiger partial charge in [-0.1, -0.05) is 6.92 Å². The Morgan fingerprint density at radius 3 is 2.57 bits per heavy atom. The second-order valence-electron chi connectivity index (χ2n) is 5.08. The van der Waals surface area contributed by atoms with Crippen LogP contribution in [0.15, 0.2) is 0 Å². The van der Waals surface area contributed by atoms with Crippen LogP contribution in [0.3, 0.4) is 0 Å². The lowest BCUT2D eigenvalue weighted by atomic mass is 9.68. The topological polar surface area (TPSA) is 38.5 Å². The average molecular weight is 198 g/mol. The van der Waals surface area contributed by atoms with Gasteiger partial charge < -0.3 is 10.5 Å². The first-order valence-electron chi connectivity index (χ1n) is 5.77. The van der Waals surface area contributed by atoms with E-state index in [0.29, 0.717) is 0 Å². The van der Waals surface area contributed by atoms with Crippen molar-refractivity contribution in [3.8, 4) is 0 Å². The molecule has 0 bridgehead atoms. The third-order valence-electron chi connectivity index (χ3n) is 3.54. The first-order valence-corrected chi connectivity index (χ1v) is 5.77. The first kappa shape index (κ1) is 10.4. The number of morpholine rings is 1. The fourth-order valence-corrected chi connectivity index (χ4v) is 2.74. The van der Waals surface area contributed by atoms with Gasteiger partial charge in [0.25, 0.3) is 0 Å². The molecule has 0 radical (unpaired) electrons. The second kappa shape index (κ2) is 4.17. The molecule has 0 aromatic carbocycles. The molecule has 0 atom stereocenters. The summed E-state index contributed by atoms with van der Waals surface area (Å²) in [4.78, 5) is 2.47. The summed E-state index contributed by atoms with van der Waals surface area (Å²) < 4.78 is 5.32. The largest absolute Gasteiger partial charge is 0.379 e. The van der Waals surface area contributed by atoms with Crippen LogP contribution in [-0.2, 0) is 4.74 Å². The Hall–Kier alpha value is -0.120. The van der Waals surface area contributed by atoms with Crippen LogP contribution in [0.5, 0.6) is 0 Å². The minimum Gasteiger partial charge on any atom is -0.379 e. The highest BCUT2D eigenvalue weighted by atomic mass is 16.5. The van der Waals surface area contributed by atoms with Crippen LogP contribution >= 0.6 is 0 Å². The van der Waals surface area contributed by atoms with Crippen LogP contribution in [0.25, 0.3) is 0 Å². The monoisotopic (exact) mass is 198 g/mol. The number of ether oxygens (including phenoxy) is 1. The van der Waals surface area contributed by atoms with Gasteiger partial charge in [-0.3, -0.25) is 4.90 Å². The van der Waals surface area contributed by atoms with Gasteiger partial charge in [0.1, 0.15) is 0 Å². The van der Waals surface area contributed by atoms with Gasteiger partial charge in [-0.2, -0.15) is 0 Å². The van der Waals surface area contributed by atoms with Crippen LogP contribution in [0, 0.1) is 5.92 Å². The Balaban J connectivity index is 1.66. The zero-order chi connectivity index (χ0) is 10.0. The highest BCUT2D eigenvalue weighted by Gasteiger charge is 2.38. The van der Waals surface area contributed by atoms with Crippen LogP contribution in [0.2, 0.25) is 0 Å². The lowest BCUT2D eigenvalue weighted by molar-refractivity contribution is 0.0284. The zero-order valence-electron chi connectivity index (χ0n) is 9.17. The van der Waals surface area contributed by atoms with Gasteiger partial charge in [-0.05, 0) is 25.2 Å². The zero-order valence-corrected chi connectivity index (χ0v) is 9.17. The Morgan fingerprint density at radius 2 is 2.00 bits per heavy atom. The van der Waals surface area contributed by atoms with E-state index in [0.717, 1.165) is 45.2 Å². The summed E-state index contributed by atoms with van der Waals surface area (Å²) in [5.41, 5.74) is 6.42. The number of rotatable bonds is 3. The molecule has 2 rings (SSSR count). The summed E-state index contributed by atoms with van der Waals surface area (Å²) >= 11 is 0. The van der Waals surface area contributed by atoms with Gasteiger partial charge in [0, 0.05) is 25.2 Å². The second-order valence-corrected chi connectivity index (χ2v) is 5.08. The van der Waals surface area contributed by atoms with Crippen molar-refractivity contribution in [2.45, 2.75) is 31.7 Å². The van der Waals surface area contributed by atoms with Gasteiger partial charge in [0.2, 0.25) is 0 Å². The van der Waals surface area contributed by atoms with E-state index in [4.69, 9.17) is 10.5 Å². The Bertz CT molecular complexity index is 184. The molecule has 2 N–H and O–H groups in total. The molecule has 82 valence electrons. The standard InChI is InChI=1S/C11H22N2O/c1-10-8-11(12,9-10)2-3-13-4-6-14-7-5-13/h10H,2-9,12H2,1H3. The minimum absolute atomic E-state index is 0.164. The van der Waals surface area contributed by atoms with Crippen molar-refractivity contribution in [1.29, 1.82) is 0 Å². The molecule has 2 fully saturated rings. The molecule has 3 nitrogen and oxygen atoms in total. The van der Waals surface area contributed by atoms with Crippen LogP contribution in [0.4, 0.5) is 0 Å². The highest BCUT2D eigenvalue weighted by molar-refractivity contribution is 4.97. The number of hydrogen-bond acceptors (Lipinski definition) is 3. The lowest BCUT2D eigenvalue weighted by Gasteiger charge is -2.44. The van der Waals surface area contributed by atoms with Gasteiger partial charge in [-0.25, -0.2) is 0 Å². The summed E-state index contributed by atoms with van der Waals surface area (Å²) in [6.45, 7) is 7.42. The molecule has 1 saturated carbocycles. The third-order valence-corrected chi connectivity index (χ3v) is 3.54. The first-order chi connectivity index (χ1) is 6.68. The minimum atomic E-state index is 0.164. The van der Waals surface area contributed by atoms with Crippen molar-refractivity contribution in [3.05, 3.63) is 0 Å². The molecule has 0 aromatic heterocycles. The maximum atomic E-state index is 6.25. The molecule has 0 spiro atoms. The van der Waals surface area contributed by atoms with Crippen molar-refractivity contribution in [3.63, 3.8) is 0 Å². The van der Waals surface area contributed by atoms with E-state index < -0.39 is 0 Å². The molecule has 3 heteroatoms. The number of nitrogens with zero attached hydrogens (tertiary/aromatic N) is 1. The van der Waals surface area contributed by atoms with Crippen molar-refractivity contribution in [2.75, 3.05) is 32.8 Å². The molecule has 14 heavy (non-hydrogen) atoms. The average Bonchev–Trinajstić information content (AvgIpc) is 2.15. The Kier molecular flexibility index (Phi) is 3.10. The van der Waals surface area contributed by atoms with Gasteiger partial charge in [0.05, 0.1) is 13.2 Å². The summed E-state index contributed by atoms with van der Waals surface area (Å²) in [5.74, 6) is 0.852. The van der Waals surface area contributed by atoms with Gasteiger partial charge in [0.15, 0.2) is 0 Å². The van der Waals surface area contributed by atoms with Crippen molar-refractivity contribution < 1.29 is 4.74 Å². The lowest BCUT2D eigenvalue weighted by Crippen LogP contribution is -2.53. The quantitative estimate of drug-likeness (QED) is 0.730. The highest BCUT2D eigenvalue weighted by Crippen LogP contribution is 2.37. The predicted molar refractivity (Wildman–Crippen MR) is 57.2 cm³/mol. The maximum absolute atomic E-state index is 6.25. The molecular weight excluding hydrogens is 176 g/mol. The van der Waals surface area contributed by atoms with E-state index in [9.17, 15) is 0 Å². The van der Waals surface area contributed by atoms with Gasteiger partial charge >= 0.3 is 0 Å². The molecule has 1 heterocycles. The van der Waals surface area contributed by atoms with E-state index in [1.54, 1.807) is 0 Å². The van der Waals surface area contributed by atoms with Crippen LogP contribution in [-0.4, -0.2) is 43.3 Å². The maximum Gasteiger partial charge on any atom is 0.0594 e. The van der Waals surface area contributed by atoms with Crippen molar-refractivity contribution in [2.24, 2.45) is 11.7 Å². The summed E-state index contributed by atoms with van der Waals surface area (Å²) in [6, 6.07) is 0. The number of hydrogen-bond donors (Lipinski definition) is 1. The summed E-state index contributed by atoms with van der Waals surface area (Å²) in [7, 11) is 0. The van der Waals surface area contributed by atoms with Crippen molar-refractivity contribution in [1.82, 2.24) is 4.90 Å². The number of nitrogens with two attached hydrogens (primary N) is 1. The third kappa shape index (κ3) is 2.47. The molecule has 0 amide bonds. The molecule has 1 aliphatic heterocycles. The Morgan fingerprint density at radius 1 is 1.36 bits per heavy atom. The van der Waals surface area contributed by atoms with E-state index in [2.05, 4.69) is 11.8 Å². The van der Waals surface area contributed by atoms with Crippen LogP contribution < -0.4 is 5.73 Å². The predicted octanol–water partition coefficient (Wildman–Crippen LogP) is 0.836. The van der Waals surface area contributed by atoms with E-state index in [1.165, 1.54) is 12.8 Å². The smallest absolute Gasteiger partial charge is 0.0594 e. The molecule has 0 unspecified atom stereocenters. The SMILES string of the molecule is CC1CC(N)(CCN2CCOCC2)C1. The van der Waals surface area contributed by atoms with Gasteiger partial charge in [-0.15, -0.1) is 0 Å².